The third kappa shape index (κ3) is 3.19. The van der Waals surface area contributed by atoms with Crippen molar-refractivity contribution in [2.24, 2.45) is 0 Å². The second-order valence-electron chi connectivity index (χ2n) is 3.10. The minimum atomic E-state index is 0.188. The number of methoxy groups -OCH3 is 1. The lowest BCUT2D eigenvalue weighted by Gasteiger charge is -2.08. The Balaban J connectivity index is 2.58. The maximum atomic E-state index is 9.74. The maximum absolute atomic E-state index is 9.74. The first-order chi connectivity index (χ1) is 7.29. The molecule has 0 aromatic heterocycles. The molecular weight excluding hydrogens is 190 g/mol. The molecule has 0 aliphatic rings. The highest BCUT2D eigenvalue weighted by Crippen LogP contribution is 2.28. The second kappa shape index (κ2) is 5.94. The van der Waals surface area contributed by atoms with Gasteiger partial charge in [0.1, 0.15) is 0 Å². The van der Waals surface area contributed by atoms with E-state index in [-0.39, 0.29) is 5.75 Å². The van der Waals surface area contributed by atoms with Gasteiger partial charge in [-0.05, 0) is 6.07 Å². The number of ether oxygens (including phenoxy) is 1. The number of aromatic hydroxyl groups is 1. The van der Waals surface area contributed by atoms with Crippen LogP contribution in [0.5, 0.6) is 11.5 Å². The molecule has 0 fully saturated rings. The monoisotopic (exact) mass is 205 g/mol. The lowest BCUT2D eigenvalue weighted by atomic mass is 10.2. The molecule has 80 valence electrons. The third-order valence-electron chi connectivity index (χ3n) is 2.06. The van der Waals surface area contributed by atoms with Crippen LogP contribution in [0.3, 0.4) is 0 Å². The molecule has 3 heteroatoms. The predicted molar refractivity (Wildman–Crippen MR) is 59.8 cm³/mol. The minimum absolute atomic E-state index is 0.188. The standard InChI is InChI=1S/C12H15NO2/c1-3-4-8-13-9-10-6-5-7-11(15-2)12(10)14/h1,5-7,13-14H,4,8-9H2,2H3. The van der Waals surface area contributed by atoms with E-state index in [1.807, 2.05) is 12.1 Å². The van der Waals surface area contributed by atoms with Gasteiger partial charge in [-0.1, -0.05) is 12.1 Å². The average Bonchev–Trinajstić information content (AvgIpc) is 2.26. The summed E-state index contributed by atoms with van der Waals surface area (Å²) in [5.74, 6) is 3.22. The smallest absolute Gasteiger partial charge is 0.162 e. The second-order valence-corrected chi connectivity index (χ2v) is 3.10. The Hall–Kier alpha value is -1.66. The van der Waals surface area contributed by atoms with Gasteiger partial charge in [0, 0.05) is 25.1 Å². The van der Waals surface area contributed by atoms with Crippen molar-refractivity contribution < 1.29 is 9.84 Å². The fourth-order valence-corrected chi connectivity index (χ4v) is 1.26. The van der Waals surface area contributed by atoms with Crippen LogP contribution in [0.25, 0.3) is 0 Å². The Labute approximate surface area is 90.1 Å². The summed E-state index contributed by atoms with van der Waals surface area (Å²) in [6.45, 7) is 1.33. The van der Waals surface area contributed by atoms with Crippen LogP contribution in [-0.4, -0.2) is 18.8 Å². The van der Waals surface area contributed by atoms with Crippen molar-refractivity contribution >= 4 is 0 Å². The van der Waals surface area contributed by atoms with Crippen molar-refractivity contribution in [2.45, 2.75) is 13.0 Å². The quantitative estimate of drug-likeness (QED) is 0.565. The average molecular weight is 205 g/mol. The Morgan fingerprint density at radius 3 is 3.00 bits per heavy atom. The molecule has 0 bridgehead atoms. The van der Waals surface area contributed by atoms with Gasteiger partial charge in [0.25, 0.3) is 0 Å². The van der Waals surface area contributed by atoms with Crippen molar-refractivity contribution in [2.75, 3.05) is 13.7 Å². The van der Waals surface area contributed by atoms with Crippen molar-refractivity contribution in [1.82, 2.24) is 5.32 Å². The highest BCUT2D eigenvalue weighted by molar-refractivity contribution is 5.45. The summed E-state index contributed by atoms with van der Waals surface area (Å²) in [5.41, 5.74) is 0.811. The van der Waals surface area contributed by atoms with Gasteiger partial charge in [-0.3, -0.25) is 0 Å². The highest BCUT2D eigenvalue weighted by Gasteiger charge is 2.05. The number of phenols is 1. The van der Waals surface area contributed by atoms with Crippen molar-refractivity contribution in [3.8, 4) is 23.8 Å². The van der Waals surface area contributed by atoms with Gasteiger partial charge in [-0.25, -0.2) is 0 Å². The van der Waals surface area contributed by atoms with Crippen LogP contribution in [-0.2, 0) is 6.54 Å². The van der Waals surface area contributed by atoms with E-state index in [1.165, 1.54) is 7.11 Å². The first-order valence-electron chi connectivity index (χ1n) is 4.78. The number of rotatable bonds is 5. The zero-order chi connectivity index (χ0) is 11.1. The number of para-hydroxylation sites is 1. The summed E-state index contributed by atoms with van der Waals surface area (Å²) in [6, 6.07) is 5.41. The Kier molecular flexibility index (Phi) is 4.52. The number of hydrogen-bond donors (Lipinski definition) is 2. The molecule has 0 unspecified atom stereocenters. The summed E-state index contributed by atoms with van der Waals surface area (Å²) >= 11 is 0. The summed E-state index contributed by atoms with van der Waals surface area (Å²) in [4.78, 5) is 0. The molecule has 0 heterocycles. The molecule has 2 N–H and O–H groups in total. The van der Waals surface area contributed by atoms with E-state index in [4.69, 9.17) is 11.2 Å². The summed E-state index contributed by atoms with van der Waals surface area (Å²) < 4.78 is 5.00. The van der Waals surface area contributed by atoms with E-state index in [1.54, 1.807) is 6.07 Å². The molecule has 0 saturated heterocycles. The molecule has 0 aliphatic carbocycles. The van der Waals surface area contributed by atoms with Gasteiger partial charge in [0.15, 0.2) is 11.5 Å². The van der Waals surface area contributed by atoms with Gasteiger partial charge in [-0.2, -0.15) is 0 Å². The third-order valence-corrected chi connectivity index (χ3v) is 2.06. The molecule has 0 amide bonds. The van der Waals surface area contributed by atoms with Crippen LogP contribution in [0.15, 0.2) is 18.2 Å². The van der Waals surface area contributed by atoms with Gasteiger partial charge in [-0.15, -0.1) is 12.3 Å². The van der Waals surface area contributed by atoms with Gasteiger partial charge in [0.05, 0.1) is 7.11 Å². The van der Waals surface area contributed by atoms with Gasteiger partial charge < -0.3 is 15.2 Å². The Morgan fingerprint density at radius 2 is 2.33 bits per heavy atom. The van der Waals surface area contributed by atoms with E-state index < -0.39 is 0 Å². The molecule has 0 saturated carbocycles. The van der Waals surface area contributed by atoms with Crippen LogP contribution >= 0.6 is 0 Å². The molecule has 0 radical (unpaired) electrons. The van der Waals surface area contributed by atoms with Crippen molar-refractivity contribution in [3.63, 3.8) is 0 Å². The summed E-state index contributed by atoms with van der Waals surface area (Å²) in [7, 11) is 1.53. The van der Waals surface area contributed by atoms with E-state index in [0.29, 0.717) is 18.7 Å². The molecule has 0 spiro atoms. The number of phenolic OH excluding ortho intramolecular Hbond substituents is 1. The molecule has 1 aromatic carbocycles. The first kappa shape index (κ1) is 11.4. The fourth-order valence-electron chi connectivity index (χ4n) is 1.26. The highest BCUT2D eigenvalue weighted by atomic mass is 16.5. The minimum Gasteiger partial charge on any atom is -0.504 e. The van der Waals surface area contributed by atoms with E-state index in [9.17, 15) is 5.11 Å². The molecule has 0 aliphatic heterocycles. The molecule has 1 aromatic rings. The van der Waals surface area contributed by atoms with Crippen LogP contribution < -0.4 is 10.1 Å². The molecule has 1 rings (SSSR count). The van der Waals surface area contributed by atoms with E-state index in [0.717, 1.165) is 12.1 Å². The summed E-state index contributed by atoms with van der Waals surface area (Å²) in [6.07, 6.45) is 5.81. The SMILES string of the molecule is C#CCCNCc1cccc(OC)c1O. The van der Waals surface area contributed by atoms with Crippen molar-refractivity contribution in [1.29, 1.82) is 0 Å². The van der Waals surface area contributed by atoms with Crippen LogP contribution in [0.1, 0.15) is 12.0 Å². The van der Waals surface area contributed by atoms with E-state index >= 15 is 0 Å². The zero-order valence-electron chi connectivity index (χ0n) is 8.79. The topological polar surface area (TPSA) is 41.5 Å². The van der Waals surface area contributed by atoms with Crippen LogP contribution in [0.4, 0.5) is 0 Å². The van der Waals surface area contributed by atoms with E-state index in [2.05, 4.69) is 11.2 Å². The maximum Gasteiger partial charge on any atom is 0.162 e. The zero-order valence-corrected chi connectivity index (χ0v) is 8.79. The molecule has 0 atom stereocenters. The predicted octanol–water partition coefficient (Wildman–Crippen LogP) is 1.51. The molecular formula is C12H15NO2. The van der Waals surface area contributed by atoms with Crippen LogP contribution in [0, 0.1) is 12.3 Å². The number of nitrogens with one attached hydrogen (secondary N) is 1. The fraction of sp³-hybridized carbons (Fsp3) is 0.333. The molecule has 3 nitrogen and oxygen atoms in total. The Bertz CT molecular complexity index is 355. The normalized spacial score (nSPS) is 9.60. The lowest BCUT2D eigenvalue weighted by molar-refractivity contribution is 0.369. The number of hydrogen-bond acceptors (Lipinski definition) is 3. The number of benzene rings is 1. The van der Waals surface area contributed by atoms with Gasteiger partial charge >= 0.3 is 0 Å². The number of terminal acetylenes is 1. The first-order valence-corrected chi connectivity index (χ1v) is 4.78. The summed E-state index contributed by atoms with van der Waals surface area (Å²) in [5, 5.41) is 12.9. The largest absolute Gasteiger partial charge is 0.504 e. The Morgan fingerprint density at radius 1 is 1.53 bits per heavy atom. The molecule has 15 heavy (non-hydrogen) atoms. The van der Waals surface area contributed by atoms with Crippen LogP contribution in [0.2, 0.25) is 0 Å². The van der Waals surface area contributed by atoms with Crippen molar-refractivity contribution in [3.05, 3.63) is 23.8 Å². The lowest BCUT2D eigenvalue weighted by Crippen LogP contribution is -2.14. The van der Waals surface area contributed by atoms with Gasteiger partial charge in [0.2, 0.25) is 0 Å².